The van der Waals surface area contributed by atoms with Crippen LogP contribution >= 0.6 is 0 Å². The van der Waals surface area contributed by atoms with Gasteiger partial charge in [0.05, 0.1) is 18.3 Å². The summed E-state index contributed by atoms with van der Waals surface area (Å²) in [4.78, 5) is 2.28. The second kappa shape index (κ2) is 5.10. The van der Waals surface area contributed by atoms with E-state index in [1.54, 1.807) is 0 Å². The molecule has 1 aliphatic heterocycles. The van der Waals surface area contributed by atoms with E-state index in [0.29, 0.717) is 6.10 Å². The van der Waals surface area contributed by atoms with E-state index in [1.165, 1.54) is 0 Å². The molecule has 0 saturated carbocycles. The van der Waals surface area contributed by atoms with Crippen LogP contribution in [0.4, 0.5) is 0 Å². The second-order valence-corrected chi connectivity index (χ2v) is 4.80. The highest BCUT2D eigenvalue weighted by molar-refractivity contribution is 4.82. The van der Waals surface area contributed by atoms with E-state index in [9.17, 15) is 5.11 Å². The molecule has 0 amide bonds. The average Bonchev–Trinajstić information content (AvgIpc) is 2.01. The lowest BCUT2D eigenvalue weighted by Gasteiger charge is -2.36. The van der Waals surface area contributed by atoms with Crippen LogP contribution < -0.4 is 0 Å². The normalized spacial score (nSPS) is 29.8. The first-order chi connectivity index (χ1) is 6.49. The average molecular weight is 201 g/mol. The van der Waals surface area contributed by atoms with Crippen molar-refractivity contribution in [2.24, 2.45) is 0 Å². The Hall–Kier alpha value is -0.120. The maximum absolute atomic E-state index is 9.87. The molecule has 3 heteroatoms. The minimum Gasteiger partial charge on any atom is -0.389 e. The van der Waals surface area contributed by atoms with Crippen molar-refractivity contribution in [3.8, 4) is 0 Å². The number of aliphatic hydroxyl groups is 1. The number of hydrogen-bond acceptors (Lipinski definition) is 3. The number of likely N-dealkylation sites (tertiary alicyclic amines) is 1. The third-order valence-corrected chi connectivity index (χ3v) is 2.61. The van der Waals surface area contributed by atoms with Crippen molar-refractivity contribution in [3.63, 3.8) is 0 Å². The molecule has 84 valence electrons. The quantitative estimate of drug-likeness (QED) is 0.743. The summed E-state index contributed by atoms with van der Waals surface area (Å²) in [5.41, 5.74) is -0.490. The van der Waals surface area contributed by atoms with Gasteiger partial charge in [-0.2, -0.15) is 0 Å². The van der Waals surface area contributed by atoms with Crippen molar-refractivity contribution in [3.05, 3.63) is 0 Å². The summed E-state index contributed by atoms with van der Waals surface area (Å²) in [5.74, 6) is 0. The summed E-state index contributed by atoms with van der Waals surface area (Å²) >= 11 is 0. The smallest absolute Gasteiger partial charge is 0.0746 e. The number of nitrogens with zero attached hydrogens (tertiary/aromatic N) is 1. The molecule has 0 aromatic rings. The van der Waals surface area contributed by atoms with Gasteiger partial charge in [-0.25, -0.2) is 0 Å². The van der Waals surface area contributed by atoms with E-state index in [4.69, 9.17) is 4.74 Å². The van der Waals surface area contributed by atoms with Gasteiger partial charge in [0.15, 0.2) is 0 Å². The third kappa shape index (κ3) is 4.40. The predicted molar refractivity (Wildman–Crippen MR) is 57.4 cm³/mol. The van der Waals surface area contributed by atoms with E-state index in [2.05, 4.69) is 4.90 Å². The molecule has 1 heterocycles. The fourth-order valence-electron chi connectivity index (χ4n) is 1.93. The maximum Gasteiger partial charge on any atom is 0.0746 e. The molecule has 0 aliphatic carbocycles. The van der Waals surface area contributed by atoms with Crippen molar-refractivity contribution >= 4 is 0 Å². The predicted octanol–water partition coefficient (Wildman–Crippen LogP) is 1.26. The van der Waals surface area contributed by atoms with Crippen LogP contribution in [0.25, 0.3) is 0 Å². The van der Waals surface area contributed by atoms with Crippen LogP contribution in [-0.2, 0) is 4.74 Å². The molecule has 0 aromatic carbocycles. The lowest BCUT2D eigenvalue weighted by molar-refractivity contribution is -0.0276. The number of rotatable bonds is 4. The van der Waals surface area contributed by atoms with Gasteiger partial charge in [-0.3, -0.25) is 4.90 Å². The largest absolute Gasteiger partial charge is 0.389 e. The molecule has 14 heavy (non-hydrogen) atoms. The van der Waals surface area contributed by atoms with Crippen LogP contribution in [-0.4, -0.2) is 48.0 Å². The fourth-order valence-corrected chi connectivity index (χ4v) is 1.93. The molecule has 0 spiro atoms. The zero-order valence-electron chi connectivity index (χ0n) is 9.62. The number of piperidine rings is 1. The van der Waals surface area contributed by atoms with Gasteiger partial charge in [0, 0.05) is 13.1 Å². The summed E-state index contributed by atoms with van der Waals surface area (Å²) in [7, 11) is 0. The van der Waals surface area contributed by atoms with E-state index < -0.39 is 5.60 Å². The standard InChI is InChI=1S/C11H23NO2/c1-10(2)14-8-7-12-6-4-5-11(3,13)9-12/h10,13H,4-9H2,1-3H3. The Morgan fingerprint density at radius 2 is 2.21 bits per heavy atom. The molecule has 1 fully saturated rings. The molecular weight excluding hydrogens is 178 g/mol. The molecule has 0 radical (unpaired) electrons. The van der Waals surface area contributed by atoms with Crippen LogP contribution in [0.5, 0.6) is 0 Å². The van der Waals surface area contributed by atoms with Gasteiger partial charge < -0.3 is 9.84 Å². The monoisotopic (exact) mass is 201 g/mol. The first-order valence-corrected chi connectivity index (χ1v) is 5.56. The number of β-amino-alcohol motifs (C(OH)–C–C–N with tert-alkyl or cyclic N) is 1. The van der Waals surface area contributed by atoms with Crippen molar-refractivity contribution in [1.82, 2.24) is 4.90 Å². The van der Waals surface area contributed by atoms with Gasteiger partial charge in [0.25, 0.3) is 0 Å². The van der Waals surface area contributed by atoms with Gasteiger partial charge in [0.1, 0.15) is 0 Å². The van der Waals surface area contributed by atoms with Gasteiger partial charge in [-0.05, 0) is 40.2 Å². The molecular formula is C11H23NO2. The van der Waals surface area contributed by atoms with Crippen LogP contribution in [0.15, 0.2) is 0 Å². The first kappa shape index (κ1) is 12.0. The van der Waals surface area contributed by atoms with E-state index >= 15 is 0 Å². The highest BCUT2D eigenvalue weighted by atomic mass is 16.5. The molecule has 3 nitrogen and oxygen atoms in total. The lowest BCUT2D eigenvalue weighted by atomic mass is 9.95. The Morgan fingerprint density at radius 1 is 1.50 bits per heavy atom. The summed E-state index contributed by atoms with van der Waals surface area (Å²) in [6.45, 7) is 9.61. The van der Waals surface area contributed by atoms with Crippen molar-refractivity contribution in [2.75, 3.05) is 26.2 Å². The molecule has 0 bridgehead atoms. The summed E-state index contributed by atoms with van der Waals surface area (Å²) < 4.78 is 5.49. The molecule has 1 aliphatic rings. The lowest BCUT2D eigenvalue weighted by Crippen LogP contribution is -2.47. The molecule has 1 atom stereocenters. The van der Waals surface area contributed by atoms with Gasteiger partial charge >= 0.3 is 0 Å². The van der Waals surface area contributed by atoms with Crippen molar-refractivity contribution in [2.45, 2.75) is 45.3 Å². The summed E-state index contributed by atoms with van der Waals surface area (Å²) in [6.07, 6.45) is 2.32. The molecule has 0 aromatic heterocycles. The van der Waals surface area contributed by atoms with E-state index in [1.807, 2.05) is 20.8 Å². The van der Waals surface area contributed by atoms with Crippen LogP contribution in [0.1, 0.15) is 33.6 Å². The number of hydrogen-bond donors (Lipinski definition) is 1. The Kier molecular flexibility index (Phi) is 4.35. The SMILES string of the molecule is CC(C)OCCN1CCCC(C)(O)C1. The Morgan fingerprint density at radius 3 is 2.79 bits per heavy atom. The fraction of sp³-hybridized carbons (Fsp3) is 1.00. The molecule has 1 N–H and O–H groups in total. The maximum atomic E-state index is 9.87. The Balaban J connectivity index is 2.18. The van der Waals surface area contributed by atoms with Crippen molar-refractivity contribution < 1.29 is 9.84 Å². The zero-order chi connectivity index (χ0) is 10.6. The van der Waals surface area contributed by atoms with Gasteiger partial charge in [-0.1, -0.05) is 0 Å². The zero-order valence-corrected chi connectivity index (χ0v) is 9.62. The molecule has 1 saturated heterocycles. The summed E-state index contributed by atoms with van der Waals surface area (Å²) in [5, 5.41) is 9.87. The molecule has 1 unspecified atom stereocenters. The molecule has 1 rings (SSSR count). The first-order valence-electron chi connectivity index (χ1n) is 5.56. The van der Waals surface area contributed by atoms with E-state index in [-0.39, 0.29) is 0 Å². The Labute approximate surface area is 87.1 Å². The number of ether oxygens (including phenoxy) is 1. The van der Waals surface area contributed by atoms with E-state index in [0.717, 1.165) is 39.1 Å². The summed E-state index contributed by atoms with van der Waals surface area (Å²) in [6, 6.07) is 0. The topological polar surface area (TPSA) is 32.7 Å². The van der Waals surface area contributed by atoms with Crippen LogP contribution in [0, 0.1) is 0 Å². The second-order valence-electron chi connectivity index (χ2n) is 4.80. The van der Waals surface area contributed by atoms with Gasteiger partial charge in [0.2, 0.25) is 0 Å². The Bertz CT molecular complexity index is 169. The van der Waals surface area contributed by atoms with Crippen LogP contribution in [0.2, 0.25) is 0 Å². The third-order valence-electron chi connectivity index (χ3n) is 2.61. The minimum absolute atomic E-state index is 0.306. The highest BCUT2D eigenvalue weighted by Gasteiger charge is 2.27. The van der Waals surface area contributed by atoms with Crippen molar-refractivity contribution in [1.29, 1.82) is 0 Å². The van der Waals surface area contributed by atoms with Gasteiger partial charge in [-0.15, -0.1) is 0 Å². The van der Waals surface area contributed by atoms with Crippen LogP contribution in [0.3, 0.4) is 0 Å². The highest BCUT2D eigenvalue weighted by Crippen LogP contribution is 2.19. The minimum atomic E-state index is -0.490.